The third-order valence-electron chi connectivity index (χ3n) is 2.74. The third kappa shape index (κ3) is 3.41. The lowest BCUT2D eigenvalue weighted by Gasteiger charge is -2.09. The highest BCUT2D eigenvalue weighted by Crippen LogP contribution is 2.31. The number of benzene rings is 1. The van der Waals surface area contributed by atoms with Gasteiger partial charge in [0.1, 0.15) is 11.8 Å². The van der Waals surface area contributed by atoms with E-state index in [9.17, 15) is 14.7 Å². The number of nitrogens with zero attached hydrogens (tertiary/aromatic N) is 1. The van der Waals surface area contributed by atoms with Gasteiger partial charge in [-0.2, -0.15) is 0 Å². The molecule has 1 aromatic heterocycles. The summed E-state index contributed by atoms with van der Waals surface area (Å²) in [6.07, 6.45) is 0. The Morgan fingerprint density at radius 1 is 1.33 bits per heavy atom. The van der Waals surface area contributed by atoms with Gasteiger partial charge in [0.25, 0.3) is 0 Å². The summed E-state index contributed by atoms with van der Waals surface area (Å²) < 4.78 is 4.93. The number of carbonyl (C=O) groups excluding carboxylic acids is 2. The predicted octanol–water partition coefficient (Wildman–Crippen LogP) is 1.89. The maximum absolute atomic E-state index is 11.9. The first kappa shape index (κ1) is 15.1. The van der Waals surface area contributed by atoms with Crippen molar-refractivity contribution in [3.05, 3.63) is 35.1 Å². The van der Waals surface area contributed by atoms with Crippen LogP contribution in [0.25, 0.3) is 10.8 Å². The normalized spacial score (nSPS) is 10.4. The average molecular weight is 309 g/mol. The quantitative estimate of drug-likeness (QED) is 0.511. The molecule has 0 atom stereocenters. The fraction of sp³-hybridized carbons (Fsp3) is 0.214. The summed E-state index contributed by atoms with van der Waals surface area (Å²) in [7, 11) is 0. The summed E-state index contributed by atoms with van der Waals surface area (Å²) >= 11 is 5.99. The number of hydrogen-bond donors (Lipinski definition) is 2. The lowest BCUT2D eigenvalue weighted by molar-refractivity contribution is -0.119. The molecule has 0 saturated carbocycles. The molecule has 0 fully saturated rings. The van der Waals surface area contributed by atoms with Crippen LogP contribution >= 0.6 is 11.6 Å². The van der Waals surface area contributed by atoms with E-state index in [1.54, 1.807) is 24.3 Å². The van der Waals surface area contributed by atoms with E-state index in [-0.39, 0.29) is 35.7 Å². The van der Waals surface area contributed by atoms with Gasteiger partial charge in [0.2, 0.25) is 5.91 Å². The van der Waals surface area contributed by atoms with E-state index in [0.29, 0.717) is 10.8 Å². The van der Waals surface area contributed by atoms with Gasteiger partial charge in [-0.25, -0.2) is 9.78 Å². The highest BCUT2D eigenvalue weighted by Gasteiger charge is 2.19. The van der Waals surface area contributed by atoms with Crippen LogP contribution in [-0.4, -0.2) is 35.1 Å². The number of halogens is 1. The number of amides is 1. The van der Waals surface area contributed by atoms with Crippen LogP contribution in [-0.2, 0) is 9.53 Å². The smallest absolute Gasteiger partial charge is 0.360 e. The van der Waals surface area contributed by atoms with Crippen LogP contribution in [0.15, 0.2) is 24.3 Å². The molecule has 2 N–H and O–H groups in total. The number of rotatable bonds is 4. The first-order valence-electron chi connectivity index (χ1n) is 6.19. The van der Waals surface area contributed by atoms with E-state index in [0.717, 1.165) is 0 Å². The molecule has 2 aromatic rings. The lowest BCUT2D eigenvalue weighted by Crippen LogP contribution is -2.25. The zero-order valence-corrected chi connectivity index (χ0v) is 12.0. The topological polar surface area (TPSA) is 88.5 Å². The van der Waals surface area contributed by atoms with Crippen molar-refractivity contribution in [3.63, 3.8) is 0 Å². The Labute approximate surface area is 125 Å². The van der Waals surface area contributed by atoms with Crippen LogP contribution in [0.4, 0.5) is 0 Å². The van der Waals surface area contributed by atoms with Gasteiger partial charge in [-0.3, -0.25) is 4.79 Å². The summed E-state index contributed by atoms with van der Waals surface area (Å²) in [5.41, 5.74) is -0.249. The SMILES string of the molecule is CC(=O)NCCOC(=O)c1nc(Cl)c2ccccc2c1O. The highest BCUT2D eigenvalue weighted by molar-refractivity contribution is 6.34. The number of ether oxygens (including phenoxy) is 1. The van der Waals surface area contributed by atoms with Crippen molar-refractivity contribution < 1.29 is 19.4 Å². The van der Waals surface area contributed by atoms with Gasteiger partial charge >= 0.3 is 5.97 Å². The zero-order valence-electron chi connectivity index (χ0n) is 11.2. The largest absolute Gasteiger partial charge is 0.505 e. The van der Waals surface area contributed by atoms with E-state index in [1.165, 1.54) is 6.92 Å². The van der Waals surface area contributed by atoms with Gasteiger partial charge in [-0.15, -0.1) is 0 Å². The van der Waals surface area contributed by atoms with Crippen molar-refractivity contribution in [2.75, 3.05) is 13.2 Å². The molecule has 21 heavy (non-hydrogen) atoms. The molecular weight excluding hydrogens is 296 g/mol. The Morgan fingerprint density at radius 3 is 2.67 bits per heavy atom. The van der Waals surface area contributed by atoms with Crippen LogP contribution < -0.4 is 5.32 Å². The number of aromatic nitrogens is 1. The van der Waals surface area contributed by atoms with Crippen molar-refractivity contribution in [3.8, 4) is 5.75 Å². The highest BCUT2D eigenvalue weighted by atomic mass is 35.5. The molecular formula is C14H13ClN2O4. The molecule has 2 rings (SSSR count). The average Bonchev–Trinajstić information content (AvgIpc) is 2.47. The minimum atomic E-state index is -0.800. The first-order valence-corrected chi connectivity index (χ1v) is 6.57. The Bertz CT molecular complexity index is 703. The number of pyridine rings is 1. The van der Waals surface area contributed by atoms with E-state index < -0.39 is 5.97 Å². The van der Waals surface area contributed by atoms with Gasteiger partial charge in [0.15, 0.2) is 11.4 Å². The summed E-state index contributed by atoms with van der Waals surface area (Å²) in [5, 5.41) is 13.7. The van der Waals surface area contributed by atoms with Crippen LogP contribution in [0, 0.1) is 0 Å². The zero-order chi connectivity index (χ0) is 15.4. The molecule has 0 aliphatic heterocycles. The fourth-order valence-electron chi connectivity index (χ4n) is 1.79. The van der Waals surface area contributed by atoms with Crippen LogP contribution in [0.5, 0.6) is 5.75 Å². The molecule has 0 radical (unpaired) electrons. The van der Waals surface area contributed by atoms with E-state index in [2.05, 4.69) is 10.3 Å². The number of fused-ring (bicyclic) bond motifs is 1. The Balaban J connectivity index is 2.20. The molecule has 0 bridgehead atoms. The minimum Gasteiger partial charge on any atom is -0.505 e. The second-order valence-electron chi connectivity index (χ2n) is 4.26. The lowest BCUT2D eigenvalue weighted by atomic mass is 10.1. The van der Waals surface area contributed by atoms with Crippen molar-refractivity contribution >= 4 is 34.2 Å². The fourth-order valence-corrected chi connectivity index (χ4v) is 2.04. The molecule has 7 heteroatoms. The number of carbonyl (C=O) groups is 2. The summed E-state index contributed by atoms with van der Waals surface area (Å²) in [4.78, 5) is 26.4. The molecule has 0 aliphatic carbocycles. The Hall–Kier alpha value is -2.34. The van der Waals surface area contributed by atoms with Crippen molar-refractivity contribution in [2.45, 2.75) is 6.92 Å². The van der Waals surface area contributed by atoms with Crippen molar-refractivity contribution in [1.82, 2.24) is 10.3 Å². The molecule has 110 valence electrons. The second kappa shape index (κ2) is 6.41. The molecule has 1 aromatic carbocycles. The predicted molar refractivity (Wildman–Crippen MR) is 77.4 cm³/mol. The Kier molecular flexibility index (Phi) is 4.59. The maximum atomic E-state index is 11.9. The summed E-state index contributed by atoms with van der Waals surface area (Å²) in [6.45, 7) is 1.52. The first-order chi connectivity index (χ1) is 10.0. The Morgan fingerprint density at radius 2 is 2.00 bits per heavy atom. The maximum Gasteiger partial charge on any atom is 0.360 e. The van der Waals surface area contributed by atoms with Gasteiger partial charge in [-0.05, 0) is 0 Å². The monoisotopic (exact) mass is 308 g/mol. The molecule has 0 spiro atoms. The minimum absolute atomic E-state index is 0.0238. The van der Waals surface area contributed by atoms with E-state index >= 15 is 0 Å². The van der Waals surface area contributed by atoms with E-state index in [4.69, 9.17) is 16.3 Å². The van der Waals surface area contributed by atoms with Gasteiger partial charge < -0.3 is 15.2 Å². The summed E-state index contributed by atoms with van der Waals surface area (Å²) in [5.74, 6) is -1.30. The standard InChI is InChI=1S/C14H13ClN2O4/c1-8(18)16-6-7-21-14(20)11-12(19)9-4-2-3-5-10(9)13(15)17-11/h2-5,19H,6-7H2,1H3,(H,16,18). The van der Waals surface area contributed by atoms with Gasteiger partial charge in [-0.1, -0.05) is 35.9 Å². The third-order valence-corrected chi connectivity index (χ3v) is 3.03. The number of nitrogens with one attached hydrogen (secondary N) is 1. The van der Waals surface area contributed by atoms with Crippen LogP contribution in [0.2, 0.25) is 5.15 Å². The number of hydrogen-bond acceptors (Lipinski definition) is 5. The molecule has 0 aliphatic rings. The van der Waals surface area contributed by atoms with Crippen LogP contribution in [0.3, 0.4) is 0 Å². The van der Waals surface area contributed by atoms with Gasteiger partial charge in [0.05, 0.1) is 6.54 Å². The van der Waals surface area contributed by atoms with Crippen molar-refractivity contribution in [2.24, 2.45) is 0 Å². The van der Waals surface area contributed by atoms with Crippen molar-refractivity contribution in [1.29, 1.82) is 0 Å². The van der Waals surface area contributed by atoms with E-state index in [1.807, 2.05) is 0 Å². The number of esters is 1. The molecule has 0 saturated heterocycles. The molecule has 1 amide bonds. The second-order valence-corrected chi connectivity index (χ2v) is 4.62. The molecule has 6 nitrogen and oxygen atoms in total. The van der Waals surface area contributed by atoms with Crippen LogP contribution in [0.1, 0.15) is 17.4 Å². The summed E-state index contributed by atoms with van der Waals surface area (Å²) in [6, 6.07) is 6.79. The molecule has 0 unspecified atom stereocenters. The molecule has 1 heterocycles. The van der Waals surface area contributed by atoms with Gasteiger partial charge in [0, 0.05) is 17.7 Å². The number of aromatic hydroxyl groups is 1.